The molecule has 6 heteroatoms. The molecule has 1 aromatic rings. The number of hydrogen-bond acceptors (Lipinski definition) is 2. The molecule has 1 fully saturated rings. The molecule has 0 spiro atoms. The van der Waals surface area contributed by atoms with Crippen molar-refractivity contribution in [3.05, 3.63) is 35.4 Å². The van der Waals surface area contributed by atoms with Gasteiger partial charge >= 0.3 is 5.97 Å². The minimum absolute atomic E-state index is 0.00437. The topological polar surface area (TPSA) is 66.4 Å². The summed E-state index contributed by atoms with van der Waals surface area (Å²) in [5.74, 6) is -2.95. The maximum Gasteiger partial charge on any atom is 0.306 e. The molecule has 0 unspecified atom stereocenters. The fraction of sp³-hybridized carbons (Fsp3) is 0.429. The third-order valence-electron chi connectivity index (χ3n) is 3.51. The van der Waals surface area contributed by atoms with Crippen LogP contribution in [-0.4, -0.2) is 23.0 Å². The first-order chi connectivity index (χ1) is 9.45. The number of benzene rings is 1. The average Bonchev–Trinajstić information content (AvgIpc) is 2.82. The van der Waals surface area contributed by atoms with Crippen molar-refractivity contribution < 1.29 is 23.5 Å². The van der Waals surface area contributed by atoms with Crippen LogP contribution >= 0.6 is 0 Å². The maximum atomic E-state index is 13.4. The van der Waals surface area contributed by atoms with Crippen LogP contribution in [0.4, 0.5) is 8.78 Å². The predicted octanol–water partition coefficient (Wildman–Crippen LogP) is 1.88. The normalized spacial score (nSPS) is 21.7. The zero-order valence-electron chi connectivity index (χ0n) is 10.7. The summed E-state index contributed by atoms with van der Waals surface area (Å²) in [5, 5.41) is 11.5. The Bertz CT molecular complexity index is 533. The van der Waals surface area contributed by atoms with E-state index in [0.29, 0.717) is 19.3 Å². The van der Waals surface area contributed by atoms with Crippen molar-refractivity contribution in [2.45, 2.75) is 31.7 Å². The summed E-state index contributed by atoms with van der Waals surface area (Å²) < 4.78 is 26.4. The van der Waals surface area contributed by atoms with Gasteiger partial charge in [-0.15, -0.1) is 0 Å². The van der Waals surface area contributed by atoms with Gasteiger partial charge in [0.2, 0.25) is 5.91 Å². The molecule has 108 valence electrons. The molecular weight excluding hydrogens is 268 g/mol. The van der Waals surface area contributed by atoms with Crippen LogP contribution in [0.15, 0.2) is 18.2 Å². The molecule has 0 aromatic heterocycles. The first-order valence-electron chi connectivity index (χ1n) is 6.42. The van der Waals surface area contributed by atoms with Crippen molar-refractivity contribution in [2.24, 2.45) is 5.92 Å². The maximum absolute atomic E-state index is 13.4. The number of rotatable bonds is 4. The van der Waals surface area contributed by atoms with Crippen molar-refractivity contribution in [2.75, 3.05) is 0 Å². The summed E-state index contributed by atoms with van der Waals surface area (Å²) in [6.07, 6.45) is 1.24. The SMILES string of the molecule is O=C(Cc1cc(F)ccc1F)N[C@H]1CC[C@@H](C(=O)O)C1. The number of carbonyl (C=O) groups is 2. The fourth-order valence-electron chi connectivity index (χ4n) is 2.47. The van der Waals surface area contributed by atoms with Crippen LogP contribution in [0, 0.1) is 17.6 Å². The van der Waals surface area contributed by atoms with Crippen molar-refractivity contribution in [3.8, 4) is 0 Å². The molecule has 20 heavy (non-hydrogen) atoms. The lowest BCUT2D eigenvalue weighted by Crippen LogP contribution is -2.34. The van der Waals surface area contributed by atoms with Gasteiger partial charge in [0.05, 0.1) is 12.3 Å². The highest BCUT2D eigenvalue weighted by atomic mass is 19.1. The number of amides is 1. The molecule has 2 rings (SSSR count). The molecule has 1 aliphatic rings. The molecule has 1 amide bonds. The fourth-order valence-corrected chi connectivity index (χ4v) is 2.47. The van der Waals surface area contributed by atoms with Gasteiger partial charge in [0.15, 0.2) is 0 Å². The van der Waals surface area contributed by atoms with Gasteiger partial charge in [0.1, 0.15) is 11.6 Å². The van der Waals surface area contributed by atoms with Crippen molar-refractivity contribution >= 4 is 11.9 Å². The summed E-state index contributed by atoms with van der Waals surface area (Å²) >= 11 is 0. The van der Waals surface area contributed by atoms with Crippen LogP contribution in [0.25, 0.3) is 0 Å². The van der Waals surface area contributed by atoms with Gasteiger partial charge in [0.25, 0.3) is 0 Å². The van der Waals surface area contributed by atoms with Crippen molar-refractivity contribution in [3.63, 3.8) is 0 Å². The molecule has 1 saturated carbocycles. The average molecular weight is 283 g/mol. The van der Waals surface area contributed by atoms with E-state index in [1.54, 1.807) is 0 Å². The van der Waals surface area contributed by atoms with E-state index in [-0.39, 0.29) is 18.0 Å². The van der Waals surface area contributed by atoms with Crippen LogP contribution in [0.5, 0.6) is 0 Å². The Hall–Kier alpha value is -1.98. The number of carboxylic acids is 1. The smallest absolute Gasteiger partial charge is 0.306 e. The zero-order chi connectivity index (χ0) is 14.7. The van der Waals surface area contributed by atoms with E-state index >= 15 is 0 Å². The van der Waals surface area contributed by atoms with E-state index in [2.05, 4.69) is 5.32 Å². The lowest BCUT2D eigenvalue weighted by atomic mass is 10.1. The second-order valence-electron chi connectivity index (χ2n) is 5.03. The minimum Gasteiger partial charge on any atom is -0.481 e. The second kappa shape index (κ2) is 5.98. The van der Waals surface area contributed by atoms with Gasteiger partial charge in [-0.1, -0.05) is 0 Å². The Balaban J connectivity index is 1.90. The van der Waals surface area contributed by atoms with Gasteiger partial charge < -0.3 is 10.4 Å². The van der Waals surface area contributed by atoms with Crippen LogP contribution in [0.3, 0.4) is 0 Å². The van der Waals surface area contributed by atoms with Gasteiger partial charge in [-0.2, -0.15) is 0 Å². The number of carboxylic acid groups (broad SMARTS) is 1. The number of nitrogens with one attached hydrogen (secondary N) is 1. The monoisotopic (exact) mass is 283 g/mol. The van der Waals surface area contributed by atoms with Crippen molar-refractivity contribution in [1.82, 2.24) is 5.32 Å². The largest absolute Gasteiger partial charge is 0.481 e. The highest BCUT2D eigenvalue weighted by Gasteiger charge is 2.30. The van der Waals surface area contributed by atoms with Crippen LogP contribution in [0.1, 0.15) is 24.8 Å². The number of aliphatic carboxylic acids is 1. The molecule has 0 radical (unpaired) electrons. The second-order valence-corrected chi connectivity index (χ2v) is 5.03. The van der Waals surface area contributed by atoms with Crippen molar-refractivity contribution in [1.29, 1.82) is 0 Å². The van der Waals surface area contributed by atoms with E-state index < -0.39 is 29.4 Å². The summed E-state index contributed by atoms with van der Waals surface area (Å²) in [7, 11) is 0. The van der Waals surface area contributed by atoms with Gasteiger partial charge in [-0.05, 0) is 37.5 Å². The quantitative estimate of drug-likeness (QED) is 0.886. The summed E-state index contributed by atoms with van der Waals surface area (Å²) in [4.78, 5) is 22.6. The van der Waals surface area contributed by atoms with E-state index in [1.807, 2.05) is 0 Å². The molecule has 1 aliphatic carbocycles. The third kappa shape index (κ3) is 3.53. The van der Waals surface area contributed by atoms with E-state index in [0.717, 1.165) is 18.2 Å². The van der Waals surface area contributed by atoms with Crippen LogP contribution < -0.4 is 5.32 Å². The molecular formula is C14H15F2NO3. The van der Waals surface area contributed by atoms with E-state index in [1.165, 1.54) is 0 Å². The summed E-state index contributed by atoms with van der Waals surface area (Å²) in [6, 6.07) is 2.75. The molecule has 0 heterocycles. The number of halogens is 2. The Morgan fingerprint density at radius 3 is 2.70 bits per heavy atom. The summed E-state index contributed by atoms with van der Waals surface area (Å²) in [5.41, 5.74) is -0.00437. The first kappa shape index (κ1) is 14.4. The molecule has 2 atom stereocenters. The predicted molar refractivity (Wildman–Crippen MR) is 67.0 cm³/mol. The van der Waals surface area contributed by atoms with E-state index in [9.17, 15) is 18.4 Å². The lowest BCUT2D eigenvalue weighted by molar-refractivity contribution is -0.141. The molecule has 0 aliphatic heterocycles. The molecule has 0 bridgehead atoms. The van der Waals surface area contributed by atoms with Crippen LogP contribution in [0.2, 0.25) is 0 Å². The lowest BCUT2D eigenvalue weighted by Gasteiger charge is -2.12. The number of hydrogen-bond donors (Lipinski definition) is 2. The van der Waals surface area contributed by atoms with Gasteiger partial charge in [0, 0.05) is 11.6 Å². The Labute approximate surface area is 114 Å². The van der Waals surface area contributed by atoms with Gasteiger partial charge in [-0.25, -0.2) is 8.78 Å². The molecule has 1 aromatic carbocycles. The number of carbonyl (C=O) groups excluding carboxylic acids is 1. The molecule has 0 saturated heterocycles. The molecule has 2 N–H and O–H groups in total. The van der Waals surface area contributed by atoms with Crippen LogP contribution in [-0.2, 0) is 16.0 Å². The standard InChI is InChI=1S/C14H15F2NO3/c15-10-2-4-12(16)9(5-10)7-13(18)17-11-3-1-8(6-11)14(19)20/h2,4-5,8,11H,1,3,6-7H2,(H,17,18)(H,19,20)/t8-,11+/m1/s1. The molecule has 4 nitrogen and oxygen atoms in total. The highest BCUT2D eigenvalue weighted by molar-refractivity contribution is 5.79. The summed E-state index contributed by atoms with van der Waals surface area (Å²) in [6.45, 7) is 0. The van der Waals surface area contributed by atoms with Gasteiger partial charge in [-0.3, -0.25) is 9.59 Å². The Kier molecular flexibility index (Phi) is 4.32. The van der Waals surface area contributed by atoms with E-state index in [4.69, 9.17) is 5.11 Å². The minimum atomic E-state index is -0.863. The first-order valence-corrected chi connectivity index (χ1v) is 6.42. The third-order valence-corrected chi connectivity index (χ3v) is 3.51. The zero-order valence-corrected chi connectivity index (χ0v) is 10.7. The Morgan fingerprint density at radius 1 is 1.30 bits per heavy atom. The Morgan fingerprint density at radius 2 is 2.05 bits per heavy atom. The highest BCUT2D eigenvalue weighted by Crippen LogP contribution is 2.25.